The lowest BCUT2D eigenvalue weighted by molar-refractivity contribution is 0.725. The lowest BCUT2D eigenvalue weighted by Crippen LogP contribution is -2.37. The Kier molecular flexibility index (Phi) is 9.18. The van der Waals surface area contributed by atoms with Crippen molar-refractivity contribution in [1.82, 2.24) is 0 Å². The van der Waals surface area contributed by atoms with E-state index in [4.69, 9.17) is 0 Å². The molecule has 274 valence electrons. The summed E-state index contributed by atoms with van der Waals surface area (Å²) in [7, 11) is 0. The van der Waals surface area contributed by atoms with Crippen LogP contribution in [0.15, 0.2) is 248 Å². The largest absolute Gasteiger partial charge is 0.313 e. The van der Waals surface area contributed by atoms with Crippen molar-refractivity contribution in [2.75, 3.05) is 4.90 Å². The van der Waals surface area contributed by atoms with E-state index in [2.05, 4.69) is 254 Å². The van der Waals surface area contributed by atoms with Gasteiger partial charge in [0.15, 0.2) is 0 Å². The van der Waals surface area contributed by atoms with Gasteiger partial charge >= 0.3 is 0 Å². The second-order valence-corrected chi connectivity index (χ2v) is 14.9. The molecule has 0 spiro atoms. The molecule has 0 saturated carbocycles. The van der Waals surface area contributed by atoms with Crippen molar-refractivity contribution in [3.63, 3.8) is 0 Å². The summed E-state index contributed by atoms with van der Waals surface area (Å²) in [5.41, 5.74) is 17.4. The van der Waals surface area contributed by atoms with Crippen LogP contribution >= 0.6 is 0 Å². The Bertz CT molecular complexity index is 2640. The van der Waals surface area contributed by atoms with E-state index in [9.17, 15) is 0 Å². The van der Waals surface area contributed by atoms with Crippen molar-refractivity contribution in [2.45, 2.75) is 5.41 Å². The van der Waals surface area contributed by atoms with Gasteiger partial charge in [0, 0.05) is 17.1 Å². The van der Waals surface area contributed by atoms with Gasteiger partial charge in [0.05, 0.1) is 5.41 Å². The standard InChI is InChI=1S/C57H41N/c1-5-15-42(16-6-1)44-25-29-46(30-26-44)48-33-37-53(38-34-48)58(54-39-35-49(36-40-54)47-31-27-45(28-32-47)43-17-7-2-8-18-43)56-41-50-19-13-14-24-55(50)57(56,51-20-9-3-10-21-51)52-22-11-4-12-23-52/h1-41H. The first-order chi connectivity index (χ1) is 28.8. The van der Waals surface area contributed by atoms with E-state index in [1.165, 1.54) is 72.5 Å². The monoisotopic (exact) mass is 739 g/mol. The lowest BCUT2D eigenvalue weighted by Gasteiger charge is -2.41. The zero-order valence-electron chi connectivity index (χ0n) is 32.1. The average molecular weight is 740 g/mol. The summed E-state index contributed by atoms with van der Waals surface area (Å²) in [5.74, 6) is 0. The number of fused-ring (bicyclic) bond motifs is 1. The number of hydrogen-bond acceptors (Lipinski definition) is 1. The van der Waals surface area contributed by atoms with Crippen LogP contribution in [0.3, 0.4) is 0 Å². The number of hydrogen-bond donors (Lipinski definition) is 0. The molecule has 1 heteroatoms. The van der Waals surface area contributed by atoms with Crippen molar-refractivity contribution in [1.29, 1.82) is 0 Å². The topological polar surface area (TPSA) is 3.24 Å². The predicted molar refractivity (Wildman–Crippen MR) is 244 cm³/mol. The summed E-state index contributed by atoms with van der Waals surface area (Å²) in [6.45, 7) is 0. The zero-order chi connectivity index (χ0) is 38.7. The molecule has 0 atom stereocenters. The third-order valence-electron chi connectivity index (χ3n) is 11.6. The van der Waals surface area contributed by atoms with Crippen molar-refractivity contribution in [2.24, 2.45) is 0 Å². The Hall–Kier alpha value is -7.48. The minimum atomic E-state index is -0.572. The Labute approximate surface area is 341 Å². The highest BCUT2D eigenvalue weighted by Gasteiger charge is 2.47. The molecule has 1 nitrogen and oxygen atoms in total. The molecule has 0 bridgehead atoms. The van der Waals surface area contributed by atoms with E-state index in [0.29, 0.717) is 0 Å². The third kappa shape index (κ3) is 6.33. The molecule has 1 aliphatic carbocycles. The molecule has 1 aliphatic rings. The number of nitrogens with zero attached hydrogens (tertiary/aromatic N) is 1. The summed E-state index contributed by atoms with van der Waals surface area (Å²) in [4.78, 5) is 2.48. The first-order valence-electron chi connectivity index (χ1n) is 20.0. The fraction of sp³-hybridized carbons (Fsp3) is 0.0175. The molecule has 58 heavy (non-hydrogen) atoms. The summed E-state index contributed by atoms with van der Waals surface area (Å²) in [6.07, 6.45) is 2.40. The SMILES string of the molecule is C1=C(N(c2ccc(-c3ccc(-c4ccccc4)cc3)cc2)c2ccc(-c3ccc(-c4ccccc4)cc3)cc2)C(c2ccccc2)(c2ccccc2)c2ccccc21. The Balaban J connectivity index is 1.10. The van der Waals surface area contributed by atoms with E-state index < -0.39 is 5.41 Å². The van der Waals surface area contributed by atoms with Crippen LogP contribution in [0.2, 0.25) is 0 Å². The van der Waals surface area contributed by atoms with Gasteiger partial charge in [-0.1, -0.05) is 218 Å². The average Bonchev–Trinajstić information content (AvgIpc) is 3.66. The molecule has 0 saturated heterocycles. The van der Waals surface area contributed by atoms with Gasteiger partial charge in [-0.3, -0.25) is 0 Å². The molecule has 0 aliphatic heterocycles. The minimum Gasteiger partial charge on any atom is -0.313 e. The smallest absolute Gasteiger partial charge is 0.0863 e. The highest BCUT2D eigenvalue weighted by atomic mass is 15.2. The lowest BCUT2D eigenvalue weighted by atomic mass is 9.68. The van der Waals surface area contributed by atoms with E-state index in [1.54, 1.807) is 0 Å². The van der Waals surface area contributed by atoms with Gasteiger partial charge in [-0.15, -0.1) is 0 Å². The first kappa shape index (κ1) is 35.0. The highest BCUT2D eigenvalue weighted by molar-refractivity contribution is 5.87. The highest BCUT2D eigenvalue weighted by Crippen LogP contribution is 2.55. The quantitative estimate of drug-likeness (QED) is 0.142. The van der Waals surface area contributed by atoms with Crippen LogP contribution in [0.4, 0.5) is 11.4 Å². The fourth-order valence-electron chi connectivity index (χ4n) is 8.74. The number of allylic oxidation sites excluding steroid dienone is 1. The molecule has 0 fully saturated rings. The number of benzene rings is 9. The number of anilines is 2. The van der Waals surface area contributed by atoms with Gasteiger partial charge in [-0.2, -0.15) is 0 Å². The van der Waals surface area contributed by atoms with Crippen LogP contribution in [0.1, 0.15) is 22.3 Å². The molecule has 10 rings (SSSR count). The van der Waals surface area contributed by atoms with Gasteiger partial charge < -0.3 is 4.90 Å². The molecule has 9 aromatic rings. The third-order valence-corrected chi connectivity index (χ3v) is 11.6. The predicted octanol–water partition coefficient (Wildman–Crippen LogP) is 14.9. The van der Waals surface area contributed by atoms with Crippen LogP contribution < -0.4 is 4.90 Å². The van der Waals surface area contributed by atoms with Crippen LogP contribution in [-0.4, -0.2) is 0 Å². The Morgan fingerprint density at radius 1 is 0.259 bits per heavy atom. The van der Waals surface area contributed by atoms with Crippen LogP contribution in [0, 0.1) is 0 Å². The molecule has 0 N–H and O–H groups in total. The normalized spacial score (nSPS) is 12.7. The molecular formula is C57H41N. The molecule has 0 unspecified atom stereocenters. The summed E-state index contributed by atoms with van der Waals surface area (Å²) >= 11 is 0. The summed E-state index contributed by atoms with van der Waals surface area (Å²) in [5, 5.41) is 0. The maximum atomic E-state index is 2.48. The van der Waals surface area contributed by atoms with E-state index in [0.717, 1.165) is 11.4 Å². The molecule has 0 heterocycles. The Morgan fingerprint density at radius 2 is 0.552 bits per heavy atom. The van der Waals surface area contributed by atoms with E-state index >= 15 is 0 Å². The van der Waals surface area contributed by atoms with Crippen LogP contribution in [0.5, 0.6) is 0 Å². The van der Waals surface area contributed by atoms with Crippen molar-refractivity contribution >= 4 is 17.5 Å². The van der Waals surface area contributed by atoms with Gasteiger partial charge in [0.2, 0.25) is 0 Å². The minimum absolute atomic E-state index is 0.572. The maximum Gasteiger partial charge on any atom is 0.0863 e. The second-order valence-electron chi connectivity index (χ2n) is 14.9. The van der Waals surface area contributed by atoms with Gasteiger partial charge in [0.1, 0.15) is 0 Å². The Morgan fingerprint density at radius 3 is 0.931 bits per heavy atom. The van der Waals surface area contributed by atoms with Crippen molar-refractivity contribution in [3.05, 3.63) is 271 Å². The molecule has 0 amide bonds. The first-order valence-corrected chi connectivity index (χ1v) is 20.0. The van der Waals surface area contributed by atoms with Crippen LogP contribution in [-0.2, 0) is 5.41 Å². The number of rotatable bonds is 9. The van der Waals surface area contributed by atoms with E-state index in [1.807, 2.05) is 0 Å². The molecular weight excluding hydrogens is 699 g/mol. The molecule has 9 aromatic carbocycles. The second kappa shape index (κ2) is 15.2. The van der Waals surface area contributed by atoms with Gasteiger partial charge in [-0.25, -0.2) is 0 Å². The maximum absolute atomic E-state index is 2.48. The zero-order valence-corrected chi connectivity index (χ0v) is 32.1. The van der Waals surface area contributed by atoms with Crippen molar-refractivity contribution < 1.29 is 0 Å². The molecule has 0 radical (unpaired) electrons. The van der Waals surface area contributed by atoms with Crippen LogP contribution in [0.25, 0.3) is 50.6 Å². The fourth-order valence-corrected chi connectivity index (χ4v) is 8.74. The van der Waals surface area contributed by atoms with E-state index in [-0.39, 0.29) is 0 Å². The van der Waals surface area contributed by atoms with Gasteiger partial charge in [-0.05, 0) is 97.1 Å². The summed E-state index contributed by atoms with van der Waals surface area (Å²) < 4.78 is 0. The van der Waals surface area contributed by atoms with Crippen molar-refractivity contribution in [3.8, 4) is 44.5 Å². The van der Waals surface area contributed by atoms with Gasteiger partial charge in [0.25, 0.3) is 0 Å². The molecule has 0 aromatic heterocycles. The summed E-state index contributed by atoms with van der Waals surface area (Å²) in [6, 6.07) is 88.0.